The van der Waals surface area contributed by atoms with Crippen molar-refractivity contribution in [3.8, 4) is 0 Å². The molecule has 0 saturated carbocycles. The Bertz CT molecular complexity index is 261. The van der Waals surface area contributed by atoms with Gasteiger partial charge in [-0.15, -0.1) is 0 Å². The third-order valence-corrected chi connectivity index (χ3v) is 2.22. The molecule has 1 fully saturated rings. The first-order valence-corrected chi connectivity index (χ1v) is 5.11. The van der Waals surface area contributed by atoms with E-state index < -0.39 is 0 Å². The van der Waals surface area contributed by atoms with Crippen LogP contribution < -0.4 is 0 Å². The van der Waals surface area contributed by atoms with Crippen molar-refractivity contribution in [3.63, 3.8) is 0 Å². The minimum Gasteiger partial charge on any atom is -0.466 e. The first-order valence-electron chi connectivity index (χ1n) is 5.11. The zero-order valence-corrected chi connectivity index (χ0v) is 9.82. The molecule has 1 aliphatic heterocycles. The van der Waals surface area contributed by atoms with Crippen LogP contribution in [0.4, 0.5) is 0 Å². The molecule has 1 rings (SSSR count). The maximum Gasteiger partial charge on any atom is 0.331 e. The topological polar surface area (TPSA) is 38.8 Å². The van der Waals surface area contributed by atoms with Crippen LogP contribution in [0.5, 0.6) is 0 Å². The molecule has 1 unspecified atom stereocenters. The lowest BCUT2D eigenvalue weighted by molar-refractivity contribution is -0.135. The van der Waals surface area contributed by atoms with E-state index in [-0.39, 0.29) is 17.7 Å². The molecule has 0 bridgehead atoms. The number of esters is 1. The second-order valence-corrected chi connectivity index (χ2v) is 4.46. The van der Waals surface area contributed by atoms with E-state index in [1.807, 2.05) is 20.8 Å². The molecular weight excluding hydrogens is 194 g/mol. The van der Waals surface area contributed by atoms with Gasteiger partial charge >= 0.3 is 5.97 Å². The van der Waals surface area contributed by atoms with Gasteiger partial charge < -0.3 is 14.4 Å². The summed E-state index contributed by atoms with van der Waals surface area (Å²) in [6, 6.07) is 0. The number of methoxy groups -OCH3 is 1. The summed E-state index contributed by atoms with van der Waals surface area (Å²) in [4.78, 5) is 13.0. The molecule has 1 aliphatic rings. The number of morpholine rings is 1. The highest BCUT2D eigenvalue weighted by Crippen LogP contribution is 2.20. The molecule has 86 valence electrons. The quantitative estimate of drug-likeness (QED) is 0.510. The molecule has 4 heteroatoms. The van der Waals surface area contributed by atoms with Crippen LogP contribution in [-0.4, -0.2) is 42.8 Å². The summed E-state index contributed by atoms with van der Waals surface area (Å²) >= 11 is 0. The maximum atomic E-state index is 10.9. The lowest BCUT2D eigenvalue weighted by atomic mass is 10.1. The van der Waals surface area contributed by atoms with Crippen LogP contribution in [0.2, 0.25) is 0 Å². The van der Waals surface area contributed by atoms with Crippen molar-refractivity contribution in [3.05, 3.63) is 12.3 Å². The Morgan fingerprint density at radius 2 is 2.27 bits per heavy atom. The summed E-state index contributed by atoms with van der Waals surface area (Å²) in [6.07, 6.45) is 3.39. The van der Waals surface area contributed by atoms with Crippen molar-refractivity contribution in [1.82, 2.24) is 4.90 Å². The number of hydrogen-bond donors (Lipinski definition) is 0. The maximum absolute atomic E-state index is 10.9. The first kappa shape index (κ1) is 12.0. The molecule has 0 aliphatic carbocycles. The Labute approximate surface area is 90.8 Å². The Morgan fingerprint density at radius 1 is 1.60 bits per heavy atom. The number of ether oxygens (including phenoxy) is 2. The fourth-order valence-electron chi connectivity index (χ4n) is 1.85. The van der Waals surface area contributed by atoms with E-state index in [2.05, 4.69) is 9.64 Å². The average Bonchev–Trinajstić information content (AvgIpc) is 2.11. The molecule has 0 radical (unpaired) electrons. The average molecular weight is 213 g/mol. The second-order valence-electron chi connectivity index (χ2n) is 4.46. The third kappa shape index (κ3) is 3.91. The van der Waals surface area contributed by atoms with Gasteiger partial charge in [0.1, 0.15) is 0 Å². The largest absolute Gasteiger partial charge is 0.466 e. The number of hydrogen-bond acceptors (Lipinski definition) is 4. The molecule has 0 aromatic rings. The van der Waals surface area contributed by atoms with Gasteiger partial charge in [0.2, 0.25) is 0 Å². The molecule has 0 N–H and O–H groups in total. The molecule has 0 spiro atoms. The summed E-state index contributed by atoms with van der Waals surface area (Å²) in [6.45, 7) is 7.70. The van der Waals surface area contributed by atoms with Gasteiger partial charge in [0.05, 0.1) is 18.8 Å². The van der Waals surface area contributed by atoms with Crippen molar-refractivity contribution in [2.75, 3.05) is 20.2 Å². The van der Waals surface area contributed by atoms with E-state index in [0.717, 1.165) is 13.1 Å². The van der Waals surface area contributed by atoms with Crippen molar-refractivity contribution < 1.29 is 14.3 Å². The van der Waals surface area contributed by atoms with Gasteiger partial charge in [0.25, 0.3) is 0 Å². The van der Waals surface area contributed by atoms with Gasteiger partial charge in [-0.3, -0.25) is 0 Å². The third-order valence-electron chi connectivity index (χ3n) is 2.22. The van der Waals surface area contributed by atoms with E-state index in [0.29, 0.717) is 0 Å². The molecule has 1 saturated heterocycles. The number of carbonyl (C=O) groups is 1. The molecule has 0 aromatic heterocycles. The molecule has 4 nitrogen and oxygen atoms in total. The number of carbonyl (C=O) groups excluding carboxylic acids is 1. The fourth-order valence-corrected chi connectivity index (χ4v) is 1.85. The van der Waals surface area contributed by atoms with Gasteiger partial charge in [-0.1, -0.05) is 0 Å². The van der Waals surface area contributed by atoms with Gasteiger partial charge in [-0.05, 0) is 20.8 Å². The predicted octanol–water partition coefficient (Wildman–Crippen LogP) is 1.17. The highest BCUT2D eigenvalue weighted by Gasteiger charge is 2.29. The molecule has 1 atom stereocenters. The second kappa shape index (κ2) is 4.66. The molecular formula is C11H19NO3. The van der Waals surface area contributed by atoms with Crippen molar-refractivity contribution >= 4 is 5.97 Å². The summed E-state index contributed by atoms with van der Waals surface area (Å²) in [5, 5.41) is 0. The minimum absolute atomic E-state index is 0.169. The van der Waals surface area contributed by atoms with Gasteiger partial charge in [0.15, 0.2) is 0 Å². The van der Waals surface area contributed by atoms with Crippen molar-refractivity contribution in [1.29, 1.82) is 0 Å². The van der Waals surface area contributed by atoms with Crippen LogP contribution in [0, 0.1) is 0 Å². The van der Waals surface area contributed by atoms with E-state index >= 15 is 0 Å². The van der Waals surface area contributed by atoms with E-state index in [1.165, 1.54) is 13.2 Å². The van der Waals surface area contributed by atoms with Crippen LogP contribution in [0.15, 0.2) is 12.3 Å². The first-order chi connectivity index (χ1) is 6.93. The molecule has 15 heavy (non-hydrogen) atoms. The van der Waals surface area contributed by atoms with E-state index in [1.54, 1.807) is 6.20 Å². The summed E-state index contributed by atoms with van der Waals surface area (Å²) in [5.41, 5.74) is -0.169. The monoisotopic (exact) mass is 213 g/mol. The summed E-state index contributed by atoms with van der Waals surface area (Å²) in [7, 11) is 1.37. The SMILES string of the molecule is COC(=O)C=CN1CC(C)OC(C)(C)C1. The standard InChI is InChI=1S/C11H19NO3/c1-9-7-12(6-5-10(13)14-4)8-11(2,3)15-9/h5-6,9H,7-8H2,1-4H3. The lowest BCUT2D eigenvalue weighted by Crippen LogP contribution is -2.49. The molecule has 1 heterocycles. The van der Waals surface area contributed by atoms with Crippen molar-refractivity contribution in [2.24, 2.45) is 0 Å². The Morgan fingerprint density at radius 3 is 2.80 bits per heavy atom. The Balaban J connectivity index is 2.55. The van der Waals surface area contributed by atoms with Crippen LogP contribution in [-0.2, 0) is 14.3 Å². The highest BCUT2D eigenvalue weighted by molar-refractivity contribution is 5.81. The van der Waals surface area contributed by atoms with E-state index in [9.17, 15) is 4.79 Å². The number of rotatable bonds is 2. The zero-order valence-electron chi connectivity index (χ0n) is 9.82. The lowest BCUT2D eigenvalue weighted by Gasteiger charge is -2.41. The summed E-state index contributed by atoms with van der Waals surface area (Å²) < 4.78 is 10.3. The Kier molecular flexibility index (Phi) is 3.74. The molecule has 0 aromatic carbocycles. The summed E-state index contributed by atoms with van der Waals surface area (Å²) in [5.74, 6) is -0.327. The van der Waals surface area contributed by atoms with Crippen LogP contribution >= 0.6 is 0 Å². The zero-order chi connectivity index (χ0) is 11.5. The van der Waals surface area contributed by atoms with Gasteiger partial charge in [0, 0.05) is 25.4 Å². The van der Waals surface area contributed by atoms with Gasteiger partial charge in [-0.2, -0.15) is 0 Å². The van der Waals surface area contributed by atoms with Crippen molar-refractivity contribution in [2.45, 2.75) is 32.5 Å². The Hall–Kier alpha value is -1.03. The minimum atomic E-state index is -0.327. The highest BCUT2D eigenvalue weighted by atomic mass is 16.5. The van der Waals surface area contributed by atoms with E-state index in [4.69, 9.17) is 4.74 Å². The number of nitrogens with zero attached hydrogens (tertiary/aromatic N) is 1. The fraction of sp³-hybridized carbons (Fsp3) is 0.727. The van der Waals surface area contributed by atoms with Crippen LogP contribution in [0.1, 0.15) is 20.8 Å². The van der Waals surface area contributed by atoms with Crippen LogP contribution in [0.3, 0.4) is 0 Å². The van der Waals surface area contributed by atoms with Crippen LogP contribution in [0.25, 0.3) is 0 Å². The normalized spacial score (nSPS) is 25.6. The molecule has 0 amide bonds. The van der Waals surface area contributed by atoms with Gasteiger partial charge in [-0.25, -0.2) is 4.79 Å². The smallest absolute Gasteiger partial charge is 0.331 e. The predicted molar refractivity (Wildman–Crippen MR) is 57.4 cm³/mol.